The number of hydrogen-bond donors (Lipinski definition) is 2. The van der Waals surface area contributed by atoms with Crippen molar-refractivity contribution in [1.82, 2.24) is 10.3 Å². The van der Waals surface area contributed by atoms with E-state index in [0.717, 1.165) is 65.0 Å². The molecular formula is C24H26BrClN2O2. The number of carbonyl (C=O) groups is 1. The van der Waals surface area contributed by atoms with Gasteiger partial charge in [-0.3, -0.25) is 4.79 Å². The lowest BCUT2D eigenvalue weighted by molar-refractivity contribution is 0.0636. The summed E-state index contributed by atoms with van der Waals surface area (Å²) in [5.41, 5.74) is 2.48. The molecule has 1 unspecified atom stereocenters. The first kappa shape index (κ1) is 21.4. The number of benzene rings is 1. The van der Waals surface area contributed by atoms with Crippen LogP contribution in [0, 0.1) is 11.8 Å². The molecule has 1 aromatic heterocycles. The van der Waals surface area contributed by atoms with Crippen molar-refractivity contribution in [1.29, 1.82) is 0 Å². The molecule has 1 amide bonds. The van der Waals surface area contributed by atoms with Crippen molar-refractivity contribution in [3.8, 4) is 0 Å². The van der Waals surface area contributed by atoms with Crippen molar-refractivity contribution in [2.24, 2.45) is 11.8 Å². The second-order valence-electron chi connectivity index (χ2n) is 7.91. The summed E-state index contributed by atoms with van der Waals surface area (Å²) in [5.74, 6) is 0.878. The molecule has 1 aliphatic heterocycles. The topological polar surface area (TPSA) is 54.1 Å². The fourth-order valence-corrected chi connectivity index (χ4v) is 4.57. The van der Waals surface area contributed by atoms with Crippen LogP contribution in [0.2, 0.25) is 0 Å². The number of ether oxygens (including phenoxy) is 1. The standard InChI is InChI=1S/C24H26BrClN2O2/c25-18-4-7-20-22(15-18)28-21(8-3-16-1-5-19(26)6-2-16)23(20)24(29)27-12-9-17-10-13-30-14-11-17/h1,3-8,15-17,28H,2,9-14H2,(H,27,29)/b8-3+. The Morgan fingerprint density at radius 3 is 2.93 bits per heavy atom. The maximum Gasteiger partial charge on any atom is 0.254 e. The fraction of sp³-hybridized carbons (Fsp3) is 0.375. The van der Waals surface area contributed by atoms with Crippen molar-refractivity contribution in [3.63, 3.8) is 0 Å². The molecule has 2 heterocycles. The van der Waals surface area contributed by atoms with Gasteiger partial charge in [-0.25, -0.2) is 0 Å². The quantitative estimate of drug-likeness (QED) is 0.508. The van der Waals surface area contributed by atoms with Gasteiger partial charge in [-0.2, -0.15) is 0 Å². The summed E-state index contributed by atoms with van der Waals surface area (Å²) < 4.78 is 6.40. The predicted octanol–water partition coefficient (Wildman–Crippen LogP) is 6.19. The predicted molar refractivity (Wildman–Crippen MR) is 127 cm³/mol. The van der Waals surface area contributed by atoms with Gasteiger partial charge in [0, 0.05) is 40.2 Å². The fourth-order valence-electron chi connectivity index (χ4n) is 4.05. The van der Waals surface area contributed by atoms with Crippen LogP contribution in [0.15, 0.2) is 52.0 Å². The molecule has 0 bridgehead atoms. The molecule has 1 aromatic carbocycles. The van der Waals surface area contributed by atoms with Crippen LogP contribution in [0.25, 0.3) is 17.0 Å². The summed E-state index contributed by atoms with van der Waals surface area (Å²) in [6.45, 7) is 2.35. The highest BCUT2D eigenvalue weighted by atomic mass is 79.9. The third-order valence-electron chi connectivity index (χ3n) is 5.79. The van der Waals surface area contributed by atoms with Crippen molar-refractivity contribution in [2.75, 3.05) is 19.8 Å². The van der Waals surface area contributed by atoms with Crippen molar-refractivity contribution in [2.45, 2.75) is 25.7 Å². The van der Waals surface area contributed by atoms with Crippen LogP contribution in [-0.4, -0.2) is 30.6 Å². The largest absolute Gasteiger partial charge is 0.381 e. The van der Waals surface area contributed by atoms with Gasteiger partial charge < -0.3 is 15.0 Å². The molecule has 1 fully saturated rings. The number of amides is 1. The van der Waals surface area contributed by atoms with Gasteiger partial charge in [0.25, 0.3) is 5.91 Å². The summed E-state index contributed by atoms with van der Waals surface area (Å²) in [6.07, 6.45) is 14.2. The molecule has 0 saturated carbocycles. The monoisotopic (exact) mass is 488 g/mol. The van der Waals surface area contributed by atoms with Gasteiger partial charge in [0.2, 0.25) is 0 Å². The van der Waals surface area contributed by atoms with Crippen LogP contribution >= 0.6 is 27.5 Å². The zero-order valence-electron chi connectivity index (χ0n) is 16.8. The number of hydrogen-bond acceptors (Lipinski definition) is 2. The van der Waals surface area contributed by atoms with E-state index in [1.54, 1.807) is 0 Å². The zero-order chi connectivity index (χ0) is 20.9. The van der Waals surface area contributed by atoms with Gasteiger partial charge in [-0.15, -0.1) is 0 Å². The Kier molecular flexibility index (Phi) is 7.13. The molecule has 6 heteroatoms. The molecule has 1 saturated heterocycles. The highest BCUT2D eigenvalue weighted by Gasteiger charge is 2.19. The van der Waals surface area contributed by atoms with E-state index in [9.17, 15) is 4.79 Å². The third kappa shape index (κ3) is 5.26. The van der Waals surface area contributed by atoms with Crippen LogP contribution in [0.4, 0.5) is 0 Å². The van der Waals surface area contributed by atoms with E-state index < -0.39 is 0 Å². The highest BCUT2D eigenvalue weighted by Crippen LogP contribution is 2.28. The maximum absolute atomic E-state index is 13.1. The van der Waals surface area contributed by atoms with Gasteiger partial charge in [0.05, 0.1) is 11.3 Å². The van der Waals surface area contributed by atoms with E-state index >= 15 is 0 Å². The minimum Gasteiger partial charge on any atom is -0.381 e. The number of fused-ring (bicyclic) bond motifs is 1. The van der Waals surface area contributed by atoms with Crippen molar-refractivity contribution >= 4 is 50.4 Å². The lowest BCUT2D eigenvalue weighted by Crippen LogP contribution is -2.27. The number of halogens is 2. The van der Waals surface area contributed by atoms with Crippen LogP contribution in [0.5, 0.6) is 0 Å². The number of aromatic amines is 1. The molecule has 1 atom stereocenters. The minimum absolute atomic E-state index is 0.0302. The first-order valence-corrected chi connectivity index (χ1v) is 11.7. The molecule has 0 radical (unpaired) electrons. The van der Waals surface area contributed by atoms with E-state index in [2.05, 4.69) is 38.4 Å². The van der Waals surface area contributed by atoms with Crippen molar-refractivity contribution in [3.05, 3.63) is 63.3 Å². The summed E-state index contributed by atoms with van der Waals surface area (Å²) in [4.78, 5) is 16.5. The van der Waals surface area contributed by atoms with Gasteiger partial charge in [0.1, 0.15) is 0 Å². The summed E-state index contributed by atoms with van der Waals surface area (Å²) in [7, 11) is 0. The van der Waals surface area contributed by atoms with Crippen LogP contribution < -0.4 is 5.32 Å². The number of allylic oxidation sites excluding steroid dienone is 5. The minimum atomic E-state index is -0.0302. The molecule has 2 aliphatic rings. The highest BCUT2D eigenvalue weighted by molar-refractivity contribution is 9.10. The van der Waals surface area contributed by atoms with E-state index in [1.807, 2.05) is 36.4 Å². The molecule has 4 nitrogen and oxygen atoms in total. The Morgan fingerprint density at radius 2 is 2.17 bits per heavy atom. The lowest BCUT2D eigenvalue weighted by Gasteiger charge is -2.21. The molecule has 158 valence electrons. The zero-order valence-corrected chi connectivity index (χ0v) is 19.1. The summed E-state index contributed by atoms with van der Waals surface area (Å²) >= 11 is 9.54. The van der Waals surface area contributed by atoms with Crippen LogP contribution in [0.3, 0.4) is 0 Å². The van der Waals surface area contributed by atoms with Gasteiger partial charge in [0.15, 0.2) is 0 Å². The SMILES string of the molecule is O=C(NCCC1CCOCC1)c1c(/C=C/C2C=CC(Cl)=CC2)[nH]c2cc(Br)ccc12. The molecule has 30 heavy (non-hydrogen) atoms. The third-order valence-corrected chi connectivity index (χ3v) is 6.57. The Morgan fingerprint density at radius 1 is 1.33 bits per heavy atom. The number of aromatic nitrogens is 1. The van der Waals surface area contributed by atoms with Crippen molar-refractivity contribution < 1.29 is 9.53 Å². The van der Waals surface area contributed by atoms with Crippen LogP contribution in [0.1, 0.15) is 41.7 Å². The van der Waals surface area contributed by atoms with E-state index in [4.69, 9.17) is 16.3 Å². The van der Waals surface area contributed by atoms with E-state index in [0.29, 0.717) is 18.0 Å². The summed E-state index contributed by atoms with van der Waals surface area (Å²) in [5, 5.41) is 4.85. The molecular weight excluding hydrogens is 464 g/mol. The number of rotatable bonds is 6. The average Bonchev–Trinajstić information content (AvgIpc) is 3.11. The Balaban J connectivity index is 1.51. The molecule has 0 spiro atoms. The normalized spacial score (nSPS) is 20.1. The first-order chi connectivity index (χ1) is 14.6. The number of H-pyrrole nitrogens is 1. The molecule has 4 rings (SSSR count). The number of carbonyl (C=O) groups excluding carboxylic acids is 1. The van der Waals surface area contributed by atoms with Gasteiger partial charge >= 0.3 is 0 Å². The Hall–Kier alpha value is -1.82. The molecule has 1 aliphatic carbocycles. The lowest BCUT2D eigenvalue weighted by atomic mass is 9.96. The van der Waals surface area contributed by atoms with E-state index in [1.165, 1.54) is 0 Å². The molecule has 2 aromatic rings. The second kappa shape index (κ2) is 9.99. The number of nitrogens with one attached hydrogen (secondary N) is 2. The van der Waals surface area contributed by atoms with Gasteiger partial charge in [-0.1, -0.05) is 51.8 Å². The van der Waals surface area contributed by atoms with Gasteiger partial charge in [-0.05, 0) is 61.8 Å². The summed E-state index contributed by atoms with van der Waals surface area (Å²) in [6, 6.07) is 5.97. The smallest absolute Gasteiger partial charge is 0.254 e. The van der Waals surface area contributed by atoms with Crippen LogP contribution in [-0.2, 0) is 4.74 Å². The Labute approximate surface area is 190 Å². The first-order valence-electron chi connectivity index (χ1n) is 10.5. The maximum atomic E-state index is 13.1. The molecule has 2 N–H and O–H groups in total. The van der Waals surface area contributed by atoms with E-state index in [-0.39, 0.29) is 11.8 Å². The average molecular weight is 490 g/mol. The second-order valence-corrected chi connectivity index (χ2v) is 9.26. The Bertz CT molecular complexity index is 1000.